The number of nitro groups is 1. The summed E-state index contributed by atoms with van der Waals surface area (Å²) in [6, 6.07) is 6.95. The summed E-state index contributed by atoms with van der Waals surface area (Å²) >= 11 is 1.84. The Balaban J connectivity index is 2.21. The molecule has 5 nitrogen and oxygen atoms in total. The Morgan fingerprint density at radius 1 is 1.53 bits per heavy atom. The molecule has 1 aromatic rings. The fourth-order valence-electron chi connectivity index (χ4n) is 2.45. The number of rotatable bonds is 4. The van der Waals surface area contributed by atoms with Crippen molar-refractivity contribution in [2.45, 2.75) is 30.6 Å². The van der Waals surface area contributed by atoms with Gasteiger partial charge in [0.1, 0.15) is 17.3 Å². The Bertz CT molecular complexity index is 527. The first-order valence-corrected chi connectivity index (χ1v) is 7.41. The zero-order valence-electron chi connectivity index (χ0n) is 10.6. The van der Waals surface area contributed by atoms with E-state index in [-0.39, 0.29) is 17.3 Å². The van der Waals surface area contributed by atoms with Crippen molar-refractivity contribution in [3.8, 4) is 6.07 Å². The molecule has 0 amide bonds. The normalized spacial score (nSPS) is 21.9. The van der Waals surface area contributed by atoms with E-state index < -0.39 is 4.92 Å². The number of thioether (sulfide) groups is 1. The van der Waals surface area contributed by atoms with Gasteiger partial charge in [0.2, 0.25) is 0 Å². The molecule has 2 rings (SSSR count). The lowest BCUT2D eigenvalue weighted by Gasteiger charge is -2.14. The Hall–Kier alpha value is -1.74. The van der Waals surface area contributed by atoms with Crippen molar-refractivity contribution in [2.75, 3.05) is 11.6 Å². The maximum Gasteiger partial charge on any atom is 0.309 e. The highest BCUT2D eigenvalue weighted by atomic mass is 32.2. The van der Waals surface area contributed by atoms with E-state index in [1.807, 2.05) is 17.8 Å². The zero-order valence-corrected chi connectivity index (χ0v) is 11.4. The molecule has 1 saturated carbocycles. The molecule has 6 heteroatoms. The third-order valence-electron chi connectivity index (χ3n) is 3.42. The molecular weight excluding hydrogens is 262 g/mol. The largest absolute Gasteiger partial charge is 0.377 e. The summed E-state index contributed by atoms with van der Waals surface area (Å²) < 4.78 is 0. The molecule has 1 aromatic carbocycles. The standard InChI is InChI=1S/C13H15N3O2S/c1-19-11-6-5-10(7-11)15-12-4-2-3-9(8-14)13(12)16(17)18/h2-4,10-11,15H,5-7H2,1H3. The molecule has 1 N–H and O–H groups in total. The van der Waals surface area contributed by atoms with E-state index in [1.54, 1.807) is 12.1 Å². The second kappa shape index (κ2) is 5.93. The quantitative estimate of drug-likeness (QED) is 0.675. The van der Waals surface area contributed by atoms with Crippen LogP contribution in [0.3, 0.4) is 0 Å². The van der Waals surface area contributed by atoms with E-state index in [1.165, 1.54) is 6.07 Å². The van der Waals surface area contributed by atoms with Crippen molar-refractivity contribution >= 4 is 23.1 Å². The molecule has 0 aromatic heterocycles. The average molecular weight is 277 g/mol. The van der Waals surface area contributed by atoms with Crippen LogP contribution in [0.15, 0.2) is 18.2 Å². The van der Waals surface area contributed by atoms with Crippen molar-refractivity contribution < 1.29 is 4.92 Å². The second-order valence-electron chi connectivity index (χ2n) is 4.58. The van der Waals surface area contributed by atoms with Crippen LogP contribution in [-0.4, -0.2) is 22.5 Å². The first-order chi connectivity index (χ1) is 9.15. The second-order valence-corrected chi connectivity index (χ2v) is 5.72. The first kappa shape index (κ1) is 13.7. The van der Waals surface area contributed by atoms with Crippen LogP contribution in [0.1, 0.15) is 24.8 Å². The predicted molar refractivity (Wildman–Crippen MR) is 76.4 cm³/mol. The molecular formula is C13H15N3O2S. The third-order valence-corrected chi connectivity index (χ3v) is 4.51. The Morgan fingerprint density at radius 3 is 2.89 bits per heavy atom. The molecule has 1 aliphatic rings. The zero-order chi connectivity index (χ0) is 13.8. The summed E-state index contributed by atoms with van der Waals surface area (Å²) in [6.45, 7) is 0. The summed E-state index contributed by atoms with van der Waals surface area (Å²) in [7, 11) is 0. The molecule has 100 valence electrons. The van der Waals surface area contributed by atoms with E-state index >= 15 is 0 Å². The summed E-state index contributed by atoms with van der Waals surface area (Å²) in [6.07, 6.45) is 5.24. The molecule has 0 spiro atoms. The minimum atomic E-state index is -0.484. The van der Waals surface area contributed by atoms with E-state index in [4.69, 9.17) is 5.26 Å². The molecule has 0 aliphatic heterocycles. The molecule has 2 unspecified atom stereocenters. The van der Waals surface area contributed by atoms with E-state index in [0.717, 1.165) is 19.3 Å². The summed E-state index contributed by atoms with van der Waals surface area (Å²) in [5, 5.41) is 23.9. The summed E-state index contributed by atoms with van der Waals surface area (Å²) in [4.78, 5) is 10.6. The number of nitrogens with one attached hydrogen (secondary N) is 1. The summed E-state index contributed by atoms with van der Waals surface area (Å²) in [5.74, 6) is 0. The van der Waals surface area contributed by atoms with Gasteiger partial charge < -0.3 is 5.32 Å². The number of anilines is 1. The predicted octanol–water partition coefficient (Wildman–Crippen LogP) is 3.16. The van der Waals surface area contributed by atoms with Crippen LogP contribution in [-0.2, 0) is 0 Å². The van der Waals surface area contributed by atoms with Crippen molar-refractivity contribution in [3.63, 3.8) is 0 Å². The highest BCUT2D eigenvalue weighted by molar-refractivity contribution is 7.99. The average Bonchev–Trinajstić information content (AvgIpc) is 2.85. The van der Waals surface area contributed by atoms with Gasteiger partial charge in [0.15, 0.2) is 0 Å². The van der Waals surface area contributed by atoms with Crippen molar-refractivity contribution in [1.82, 2.24) is 0 Å². The SMILES string of the molecule is CSC1CCC(Nc2cccc(C#N)c2[N+](=O)[O-])C1. The van der Waals surface area contributed by atoms with E-state index in [9.17, 15) is 10.1 Å². The topological polar surface area (TPSA) is 79.0 Å². The van der Waals surface area contributed by atoms with Gasteiger partial charge in [0.05, 0.1) is 4.92 Å². The minimum absolute atomic E-state index is 0.106. The van der Waals surface area contributed by atoms with Crippen molar-refractivity contribution in [1.29, 1.82) is 5.26 Å². The van der Waals surface area contributed by atoms with Gasteiger partial charge in [0, 0.05) is 11.3 Å². The van der Waals surface area contributed by atoms with Crippen LogP contribution in [0.2, 0.25) is 0 Å². The lowest BCUT2D eigenvalue weighted by atomic mass is 10.1. The highest BCUT2D eigenvalue weighted by Gasteiger charge is 2.27. The molecule has 1 fully saturated rings. The Morgan fingerprint density at radius 2 is 2.32 bits per heavy atom. The summed E-state index contributed by atoms with van der Waals surface area (Å²) in [5.41, 5.74) is 0.447. The smallest absolute Gasteiger partial charge is 0.309 e. The molecule has 0 bridgehead atoms. The molecule has 0 heterocycles. The van der Waals surface area contributed by atoms with Gasteiger partial charge in [0.25, 0.3) is 0 Å². The van der Waals surface area contributed by atoms with Crippen LogP contribution in [0, 0.1) is 21.4 Å². The van der Waals surface area contributed by atoms with Gasteiger partial charge in [-0.1, -0.05) is 6.07 Å². The molecule has 19 heavy (non-hydrogen) atoms. The molecule has 0 radical (unpaired) electrons. The maximum absolute atomic E-state index is 11.1. The van der Waals surface area contributed by atoms with E-state index in [2.05, 4.69) is 11.6 Å². The van der Waals surface area contributed by atoms with Gasteiger partial charge in [-0.25, -0.2) is 0 Å². The molecule has 1 aliphatic carbocycles. The lowest BCUT2D eigenvalue weighted by Crippen LogP contribution is -2.17. The lowest BCUT2D eigenvalue weighted by molar-refractivity contribution is -0.384. The van der Waals surface area contributed by atoms with Crippen LogP contribution >= 0.6 is 11.8 Å². The number of para-hydroxylation sites is 1. The van der Waals surface area contributed by atoms with Crippen LogP contribution in [0.25, 0.3) is 0 Å². The van der Waals surface area contributed by atoms with Crippen LogP contribution in [0.4, 0.5) is 11.4 Å². The fraction of sp³-hybridized carbons (Fsp3) is 0.462. The van der Waals surface area contributed by atoms with Crippen molar-refractivity contribution in [3.05, 3.63) is 33.9 Å². The van der Waals surface area contributed by atoms with Gasteiger partial charge in [-0.15, -0.1) is 0 Å². The van der Waals surface area contributed by atoms with Crippen LogP contribution in [0.5, 0.6) is 0 Å². The van der Waals surface area contributed by atoms with Gasteiger partial charge >= 0.3 is 5.69 Å². The molecule has 0 saturated heterocycles. The minimum Gasteiger partial charge on any atom is -0.377 e. The van der Waals surface area contributed by atoms with Gasteiger partial charge in [-0.05, 0) is 37.7 Å². The van der Waals surface area contributed by atoms with E-state index in [0.29, 0.717) is 10.9 Å². The first-order valence-electron chi connectivity index (χ1n) is 6.12. The van der Waals surface area contributed by atoms with Crippen molar-refractivity contribution in [2.24, 2.45) is 0 Å². The maximum atomic E-state index is 11.1. The number of nitrogens with zero attached hydrogens (tertiary/aromatic N) is 2. The number of nitriles is 1. The Labute approximate surface area is 116 Å². The van der Waals surface area contributed by atoms with Crippen LogP contribution < -0.4 is 5.32 Å². The number of hydrogen-bond donors (Lipinski definition) is 1. The molecule has 2 atom stereocenters. The number of hydrogen-bond acceptors (Lipinski definition) is 5. The van der Waals surface area contributed by atoms with Gasteiger partial charge in [-0.3, -0.25) is 10.1 Å². The highest BCUT2D eigenvalue weighted by Crippen LogP contribution is 2.34. The number of nitro benzene ring substituents is 1. The monoisotopic (exact) mass is 277 g/mol. The number of benzene rings is 1. The van der Waals surface area contributed by atoms with Gasteiger partial charge in [-0.2, -0.15) is 17.0 Å². The Kier molecular flexibility index (Phi) is 4.27. The third kappa shape index (κ3) is 2.99. The fourth-order valence-corrected chi connectivity index (χ4v) is 3.25.